The summed E-state index contributed by atoms with van der Waals surface area (Å²) >= 11 is 0. The van der Waals surface area contributed by atoms with Crippen LogP contribution in [0, 0.1) is 16.0 Å². The summed E-state index contributed by atoms with van der Waals surface area (Å²) in [6.45, 7) is 0.0696. The van der Waals surface area contributed by atoms with Crippen molar-refractivity contribution in [3.63, 3.8) is 0 Å². The van der Waals surface area contributed by atoms with Crippen LogP contribution in [0.15, 0.2) is 18.2 Å². The molecule has 0 spiro atoms. The Hall–Kier alpha value is -1.84. The van der Waals surface area contributed by atoms with Gasteiger partial charge in [-0.1, -0.05) is 0 Å². The number of nitro groups is 1. The zero-order valence-electron chi connectivity index (χ0n) is 11.3. The van der Waals surface area contributed by atoms with Crippen molar-refractivity contribution in [2.45, 2.75) is 12.6 Å². The topological polar surface area (TPSA) is 89.3 Å². The molecule has 122 valence electrons. The third-order valence-corrected chi connectivity index (χ3v) is 5.26. The van der Waals surface area contributed by atoms with E-state index < -0.39 is 32.2 Å². The number of sulfone groups is 1. The van der Waals surface area contributed by atoms with Gasteiger partial charge in [0.15, 0.2) is 9.84 Å². The molecule has 1 atom stereocenters. The van der Waals surface area contributed by atoms with Gasteiger partial charge in [-0.2, -0.15) is 13.2 Å². The zero-order valence-corrected chi connectivity index (χ0v) is 12.1. The second-order valence-electron chi connectivity index (χ2n) is 5.13. The lowest BCUT2D eigenvalue weighted by atomic mass is 10.1. The molecule has 1 aliphatic rings. The Morgan fingerprint density at radius 1 is 1.36 bits per heavy atom. The second-order valence-corrected chi connectivity index (χ2v) is 7.36. The fourth-order valence-corrected chi connectivity index (χ4v) is 4.18. The molecule has 1 aliphatic heterocycles. The Morgan fingerprint density at radius 3 is 2.55 bits per heavy atom. The number of rotatable bonds is 4. The Kier molecular flexibility index (Phi) is 4.32. The van der Waals surface area contributed by atoms with E-state index in [2.05, 4.69) is 5.32 Å². The van der Waals surface area contributed by atoms with Gasteiger partial charge in [-0.3, -0.25) is 10.1 Å². The van der Waals surface area contributed by atoms with Crippen molar-refractivity contribution in [2.75, 3.05) is 23.4 Å². The number of non-ortho nitro benzene ring substituents is 1. The summed E-state index contributed by atoms with van der Waals surface area (Å²) in [4.78, 5) is 9.68. The summed E-state index contributed by atoms with van der Waals surface area (Å²) in [5.41, 5.74) is -2.08. The number of alkyl halides is 3. The van der Waals surface area contributed by atoms with Gasteiger partial charge >= 0.3 is 6.18 Å². The Labute approximate surface area is 124 Å². The zero-order chi connectivity index (χ0) is 16.5. The SMILES string of the molecule is O=[N+]([O-])c1ccc(NC[C@H]2CCS(=O)(=O)C2)c(C(F)(F)F)c1. The summed E-state index contributed by atoms with van der Waals surface area (Å²) in [6.07, 6.45) is -4.35. The van der Waals surface area contributed by atoms with E-state index in [1.807, 2.05) is 0 Å². The van der Waals surface area contributed by atoms with Gasteiger partial charge < -0.3 is 5.32 Å². The molecule has 1 aromatic carbocycles. The molecule has 2 rings (SSSR count). The lowest BCUT2D eigenvalue weighted by Crippen LogP contribution is -2.18. The summed E-state index contributed by atoms with van der Waals surface area (Å²) < 4.78 is 61.5. The maximum atomic E-state index is 13.0. The molecule has 1 aromatic rings. The number of hydrogen-bond acceptors (Lipinski definition) is 5. The fourth-order valence-electron chi connectivity index (χ4n) is 2.32. The highest BCUT2D eigenvalue weighted by molar-refractivity contribution is 7.91. The van der Waals surface area contributed by atoms with Crippen LogP contribution >= 0.6 is 0 Å². The highest BCUT2D eigenvalue weighted by Crippen LogP contribution is 2.37. The van der Waals surface area contributed by atoms with E-state index >= 15 is 0 Å². The molecule has 0 aliphatic carbocycles. The number of nitrogens with one attached hydrogen (secondary N) is 1. The van der Waals surface area contributed by atoms with Crippen molar-refractivity contribution in [2.24, 2.45) is 5.92 Å². The van der Waals surface area contributed by atoms with Crippen LogP contribution in [-0.2, 0) is 16.0 Å². The van der Waals surface area contributed by atoms with Crippen LogP contribution in [0.5, 0.6) is 0 Å². The summed E-state index contributed by atoms with van der Waals surface area (Å²) in [5, 5.41) is 13.1. The predicted octanol–water partition coefficient (Wildman–Crippen LogP) is 2.46. The number of halogens is 3. The smallest absolute Gasteiger partial charge is 0.384 e. The average molecular weight is 338 g/mol. The quantitative estimate of drug-likeness (QED) is 0.673. The van der Waals surface area contributed by atoms with Gasteiger partial charge in [-0.25, -0.2) is 8.42 Å². The van der Waals surface area contributed by atoms with E-state index in [0.717, 1.165) is 12.1 Å². The maximum absolute atomic E-state index is 13.0. The standard InChI is InChI=1S/C12H13F3N2O4S/c13-12(14,15)10-5-9(17(18)19)1-2-11(10)16-6-8-3-4-22(20,21)7-8/h1-2,5,8,16H,3-4,6-7H2/t8-/m1/s1. The minimum Gasteiger partial charge on any atom is -0.384 e. The van der Waals surface area contributed by atoms with Gasteiger partial charge in [0.2, 0.25) is 0 Å². The predicted molar refractivity (Wildman–Crippen MR) is 73.3 cm³/mol. The number of hydrogen-bond donors (Lipinski definition) is 1. The normalized spacial score (nSPS) is 20.8. The second kappa shape index (κ2) is 5.75. The van der Waals surface area contributed by atoms with Crippen LogP contribution < -0.4 is 5.32 Å². The molecule has 1 heterocycles. The van der Waals surface area contributed by atoms with Gasteiger partial charge in [0.25, 0.3) is 5.69 Å². The maximum Gasteiger partial charge on any atom is 0.418 e. The van der Waals surface area contributed by atoms with Crippen molar-refractivity contribution >= 4 is 21.2 Å². The minimum atomic E-state index is -4.74. The lowest BCUT2D eigenvalue weighted by Gasteiger charge is -2.16. The molecule has 1 N–H and O–H groups in total. The lowest BCUT2D eigenvalue weighted by molar-refractivity contribution is -0.385. The first-order valence-electron chi connectivity index (χ1n) is 6.38. The first-order chi connectivity index (χ1) is 10.1. The van der Waals surface area contributed by atoms with E-state index in [1.165, 1.54) is 0 Å². The summed E-state index contributed by atoms with van der Waals surface area (Å²) in [7, 11) is -3.11. The Morgan fingerprint density at radius 2 is 2.05 bits per heavy atom. The number of nitrogens with zero attached hydrogens (tertiary/aromatic N) is 1. The molecule has 0 bridgehead atoms. The highest BCUT2D eigenvalue weighted by Gasteiger charge is 2.35. The van der Waals surface area contributed by atoms with E-state index in [1.54, 1.807) is 0 Å². The van der Waals surface area contributed by atoms with Crippen molar-refractivity contribution in [3.05, 3.63) is 33.9 Å². The first-order valence-corrected chi connectivity index (χ1v) is 8.20. The molecule has 0 saturated carbocycles. The molecule has 0 radical (unpaired) electrons. The average Bonchev–Trinajstić information content (AvgIpc) is 2.74. The van der Waals surface area contributed by atoms with Crippen molar-refractivity contribution < 1.29 is 26.5 Å². The minimum absolute atomic E-state index is 0.0335. The number of nitro benzene ring substituents is 1. The molecule has 1 saturated heterocycles. The molecular formula is C12H13F3N2O4S. The largest absolute Gasteiger partial charge is 0.418 e. The summed E-state index contributed by atoms with van der Waals surface area (Å²) in [5.74, 6) is -0.290. The van der Waals surface area contributed by atoms with E-state index in [0.29, 0.717) is 12.5 Å². The molecule has 0 aromatic heterocycles. The molecule has 22 heavy (non-hydrogen) atoms. The number of anilines is 1. The molecule has 0 amide bonds. The highest BCUT2D eigenvalue weighted by atomic mass is 32.2. The first kappa shape index (κ1) is 16.5. The van der Waals surface area contributed by atoms with Gasteiger partial charge in [-0.05, 0) is 18.4 Å². The monoisotopic (exact) mass is 338 g/mol. The van der Waals surface area contributed by atoms with Gasteiger partial charge in [-0.15, -0.1) is 0 Å². The van der Waals surface area contributed by atoms with Crippen molar-refractivity contribution in [1.29, 1.82) is 0 Å². The van der Waals surface area contributed by atoms with E-state index in [9.17, 15) is 31.7 Å². The van der Waals surface area contributed by atoms with Gasteiger partial charge in [0.05, 0.1) is 22.0 Å². The molecule has 1 fully saturated rings. The molecule has 10 heteroatoms. The van der Waals surface area contributed by atoms with Crippen LogP contribution in [0.4, 0.5) is 24.5 Å². The van der Waals surface area contributed by atoms with Crippen molar-refractivity contribution in [1.82, 2.24) is 0 Å². The third-order valence-electron chi connectivity index (χ3n) is 3.43. The fraction of sp³-hybridized carbons (Fsp3) is 0.500. The molecule has 0 unspecified atom stereocenters. The van der Waals surface area contributed by atoms with Crippen LogP contribution in [-0.4, -0.2) is 31.4 Å². The Bertz CT molecular complexity index is 688. The van der Waals surface area contributed by atoms with E-state index in [-0.39, 0.29) is 29.7 Å². The third kappa shape index (κ3) is 3.87. The van der Waals surface area contributed by atoms with Crippen LogP contribution in [0.3, 0.4) is 0 Å². The number of benzene rings is 1. The molecular weight excluding hydrogens is 325 g/mol. The van der Waals surface area contributed by atoms with Crippen LogP contribution in [0.2, 0.25) is 0 Å². The molecule has 6 nitrogen and oxygen atoms in total. The van der Waals surface area contributed by atoms with Gasteiger partial charge in [0, 0.05) is 24.4 Å². The Balaban J connectivity index is 2.18. The van der Waals surface area contributed by atoms with E-state index in [4.69, 9.17) is 0 Å². The van der Waals surface area contributed by atoms with Gasteiger partial charge in [0.1, 0.15) is 0 Å². The van der Waals surface area contributed by atoms with Crippen LogP contribution in [0.1, 0.15) is 12.0 Å². The van der Waals surface area contributed by atoms with Crippen LogP contribution in [0.25, 0.3) is 0 Å². The summed E-state index contributed by atoms with van der Waals surface area (Å²) in [6, 6.07) is 2.43. The van der Waals surface area contributed by atoms with Crippen molar-refractivity contribution in [3.8, 4) is 0 Å².